The van der Waals surface area contributed by atoms with Crippen molar-refractivity contribution in [3.8, 4) is 0 Å². The highest BCUT2D eigenvalue weighted by Gasteiger charge is 2.40. The van der Waals surface area contributed by atoms with Crippen LogP contribution in [0.15, 0.2) is 60.7 Å². The van der Waals surface area contributed by atoms with Crippen molar-refractivity contribution in [1.82, 2.24) is 15.1 Å². The molecule has 1 fully saturated rings. The lowest BCUT2D eigenvalue weighted by atomic mass is 9.79. The van der Waals surface area contributed by atoms with Crippen molar-refractivity contribution in [1.29, 1.82) is 0 Å². The number of nitrogens with one attached hydrogen (secondary N) is 1. The molecule has 29 heavy (non-hydrogen) atoms. The van der Waals surface area contributed by atoms with Crippen molar-refractivity contribution in [3.63, 3.8) is 0 Å². The molecule has 0 aliphatic carbocycles. The van der Waals surface area contributed by atoms with Gasteiger partial charge in [0.2, 0.25) is 5.91 Å². The average Bonchev–Trinajstić information content (AvgIpc) is 2.77. The lowest BCUT2D eigenvalue weighted by Crippen LogP contribution is -2.53. The van der Waals surface area contributed by atoms with Crippen LogP contribution >= 0.6 is 0 Å². The summed E-state index contributed by atoms with van der Waals surface area (Å²) in [7, 11) is 6.25. The van der Waals surface area contributed by atoms with Crippen molar-refractivity contribution in [2.45, 2.75) is 31.2 Å². The fraction of sp³-hybridized carbons (Fsp3) is 0.480. The Morgan fingerprint density at radius 1 is 1.03 bits per heavy atom. The Labute approximate surface area is 175 Å². The van der Waals surface area contributed by atoms with E-state index in [4.69, 9.17) is 0 Å². The second-order valence-electron chi connectivity index (χ2n) is 8.48. The number of amides is 1. The molecular weight excluding hydrogens is 358 g/mol. The van der Waals surface area contributed by atoms with Crippen LogP contribution in [-0.4, -0.2) is 56.5 Å². The maximum atomic E-state index is 13.5. The zero-order valence-electron chi connectivity index (χ0n) is 18.3. The summed E-state index contributed by atoms with van der Waals surface area (Å²) in [6.45, 7) is 4.47. The van der Waals surface area contributed by atoms with Crippen LogP contribution in [0.2, 0.25) is 0 Å². The summed E-state index contributed by atoms with van der Waals surface area (Å²) in [6.07, 6.45) is 1.92. The molecule has 2 atom stereocenters. The summed E-state index contributed by atoms with van der Waals surface area (Å²) in [4.78, 5) is 17.9. The van der Waals surface area contributed by atoms with Gasteiger partial charge in [0.25, 0.3) is 0 Å². The Bertz CT molecular complexity index is 767. The highest BCUT2D eigenvalue weighted by atomic mass is 16.2. The lowest BCUT2D eigenvalue weighted by molar-refractivity contribution is -0.138. The predicted molar refractivity (Wildman–Crippen MR) is 120 cm³/mol. The Morgan fingerprint density at radius 2 is 1.59 bits per heavy atom. The number of benzene rings is 2. The van der Waals surface area contributed by atoms with Gasteiger partial charge in [0.05, 0.1) is 5.92 Å². The van der Waals surface area contributed by atoms with Gasteiger partial charge in [0.1, 0.15) is 0 Å². The molecule has 0 radical (unpaired) electrons. The summed E-state index contributed by atoms with van der Waals surface area (Å²) in [5.74, 6) is 0.410. The standard InChI is InChI=1S/C25H35N3O/c1-20(21-11-7-5-8-12-21)23(19-26-2)24(29)28-17-15-25(16-18-28,27(3)4)22-13-9-6-10-14-22/h5-14,20,23,26H,15-19H2,1-4H3/t20-,23+/m0/s1. The molecule has 0 spiro atoms. The Balaban J connectivity index is 1.75. The van der Waals surface area contributed by atoms with Crippen LogP contribution in [0.25, 0.3) is 0 Å². The van der Waals surface area contributed by atoms with Crippen molar-refractivity contribution in [2.75, 3.05) is 40.8 Å². The summed E-state index contributed by atoms with van der Waals surface area (Å²) in [5.41, 5.74) is 2.58. The minimum absolute atomic E-state index is 0.00158. The fourth-order valence-electron chi connectivity index (χ4n) is 4.76. The number of hydrogen-bond donors (Lipinski definition) is 1. The molecule has 1 amide bonds. The molecular formula is C25H35N3O. The number of nitrogens with zero attached hydrogens (tertiary/aromatic N) is 2. The van der Waals surface area contributed by atoms with E-state index in [1.165, 1.54) is 11.1 Å². The van der Waals surface area contributed by atoms with E-state index in [-0.39, 0.29) is 23.3 Å². The van der Waals surface area contributed by atoms with Gasteiger partial charge in [0, 0.05) is 25.2 Å². The van der Waals surface area contributed by atoms with Gasteiger partial charge in [-0.25, -0.2) is 0 Å². The molecule has 4 heteroatoms. The zero-order chi connectivity index (χ0) is 20.9. The monoisotopic (exact) mass is 393 g/mol. The summed E-state index contributed by atoms with van der Waals surface area (Å²) >= 11 is 0. The van der Waals surface area contributed by atoms with E-state index in [0.717, 1.165) is 25.9 Å². The minimum atomic E-state index is -0.0500. The number of carbonyl (C=O) groups excluding carboxylic acids is 1. The summed E-state index contributed by atoms with van der Waals surface area (Å²) in [5, 5.41) is 3.24. The van der Waals surface area contributed by atoms with Gasteiger partial charge < -0.3 is 10.2 Å². The van der Waals surface area contributed by atoms with Gasteiger partial charge in [-0.05, 0) is 51.0 Å². The Morgan fingerprint density at radius 3 is 2.10 bits per heavy atom. The molecule has 0 bridgehead atoms. The third-order valence-electron chi connectivity index (χ3n) is 6.74. The van der Waals surface area contributed by atoms with Gasteiger partial charge in [-0.15, -0.1) is 0 Å². The second kappa shape index (κ2) is 9.55. The van der Waals surface area contributed by atoms with Crippen LogP contribution in [0.4, 0.5) is 0 Å². The molecule has 0 aromatic heterocycles. The molecule has 1 saturated heterocycles. The van der Waals surface area contributed by atoms with E-state index in [2.05, 4.69) is 90.7 Å². The summed E-state index contributed by atoms with van der Waals surface area (Å²) in [6, 6.07) is 21.1. The van der Waals surface area contributed by atoms with Crippen molar-refractivity contribution < 1.29 is 4.79 Å². The van der Waals surface area contributed by atoms with Gasteiger partial charge in [-0.3, -0.25) is 9.69 Å². The van der Waals surface area contributed by atoms with Crippen molar-refractivity contribution >= 4 is 5.91 Å². The molecule has 0 unspecified atom stereocenters. The lowest BCUT2D eigenvalue weighted by Gasteiger charge is -2.47. The average molecular weight is 394 g/mol. The van der Waals surface area contributed by atoms with Crippen molar-refractivity contribution in [2.24, 2.45) is 5.92 Å². The molecule has 1 heterocycles. The molecule has 1 aliphatic rings. The molecule has 156 valence electrons. The first-order valence-electron chi connectivity index (χ1n) is 10.7. The van der Waals surface area contributed by atoms with Crippen LogP contribution in [0.1, 0.15) is 36.8 Å². The van der Waals surface area contributed by atoms with Gasteiger partial charge in [0.15, 0.2) is 0 Å². The maximum absolute atomic E-state index is 13.5. The molecule has 2 aromatic carbocycles. The molecule has 2 aromatic rings. The van der Waals surface area contributed by atoms with Crippen LogP contribution in [0.5, 0.6) is 0 Å². The maximum Gasteiger partial charge on any atom is 0.227 e. The number of carbonyl (C=O) groups is 1. The molecule has 3 rings (SSSR count). The molecule has 1 aliphatic heterocycles. The van der Waals surface area contributed by atoms with Crippen LogP contribution in [-0.2, 0) is 10.3 Å². The molecule has 1 N–H and O–H groups in total. The van der Waals surface area contributed by atoms with Crippen molar-refractivity contribution in [3.05, 3.63) is 71.8 Å². The first kappa shape index (κ1) is 21.5. The first-order chi connectivity index (χ1) is 14.0. The molecule has 4 nitrogen and oxygen atoms in total. The smallest absolute Gasteiger partial charge is 0.227 e. The van der Waals surface area contributed by atoms with E-state index in [0.29, 0.717) is 6.54 Å². The van der Waals surface area contributed by atoms with E-state index >= 15 is 0 Å². The van der Waals surface area contributed by atoms with E-state index in [9.17, 15) is 4.79 Å². The first-order valence-corrected chi connectivity index (χ1v) is 10.7. The van der Waals surface area contributed by atoms with Crippen LogP contribution in [0, 0.1) is 5.92 Å². The normalized spacial score (nSPS) is 18.4. The molecule has 0 saturated carbocycles. The fourth-order valence-corrected chi connectivity index (χ4v) is 4.76. The van der Waals surface area contributed by atoms with Crippen LogP contribution in [0.3, 0.4) is 0 Å². The number of likely N-dealkylation sites (tertiary alicyclic amines) is 1. The van der Waals surface area contributed by atoms with E-state index in [1.54, 1.807) is 0 Å². The van der Waals surface area contributed by atoms with Gasteiger partial charge >= 0.3 is 0 Å². The largest absolute Gasteiger partial charge is 0.342 e. The highest BCUT2D eigenvalue weighted by Crippen LogP contribution is 2.38. The number of hydrogen-bond acceptors (Lipinski definition) is 3. The zero-order valence-corrected chi connectivity index (χ0v) is 18.3. The van der Waals surface area contributed by atoms with Gasteiger partial charge in [-0.2, -0.15) is 0 Å². The van der Waals surface area contributed by atoms with E-state index in [1.807, 2.05) is 13.1 Å². The topological polar surface area (TPSA) is 35.6 Å². The summed E-state index contributed by atoms with van der Waals surface area (Å²) < 4.78 is 0. The second-order valence-corrected chi connectivity index (χ2v) is 8.48. The SMILES string of the molecule is CNC[C@@H](C(=O)N1CCC(c2ccccc2)(N(C)C)CC1)[C@@H](C)c1ccccc1. The highest BCUT2D eigenvalue weighted by molar-refractivity contribution is 5.80. The van der Waals surface area contributed by atoms with Crippen LogP contribution < -0.4 is 5.32 Å². The number of piperidine rings is 1. The quantitative estimate of drug-likeness (QED) is 0.779. The third kappa shape index (κ3) is 4.54. The van der Waals surface area contributed by atoms with E-state index < -0.39 is 0 Å². The third-order valence-corrected chi connectivity index (χ3v) is 6.74. The number of rotatable bonds is 7. The van der Waals surface area contributed by atoms with Gasteiger partial charge in [-0.1, -0.05) is 67.6 Å². The Kier molecular flexibility index (Phi) is 7.09. The minimum Gasteiger partial charge on any atom is -0.342 e. The Hall–Kier alpha value is -2.17. The predicted octanol–water partition coefficient (Wildman–Crippen LogP) is 3.71.